The number of rotatable bonds is 6. The van der Waals surface area contributed by atoms with Gasteiger partial charge in [-0.2, -0.15) is 0 Å². The number of Topliss-reactive ketones (excluding diaryl/α,β-unsaturated/α-hetero) is 1. The van der Waals surface area contributed by atoms with Crippen LogP contribution in [-0.2, 0) is 16.6 Å². The number of pyridine rings is 1. The molecule has 1 N–H and O–H groups in total. The molecule has 29 heavy (non-hydrogen) atoms. The number of aryl methyl sites for hydroxylation is 1. The van der Waals surface area contributed by atoms with Gasteiger partial charge in [0.15, 0.2) is 5.78 Å². The average molecular weight is 497 g/mol. The Bertz CT molecular complexity index is 1140. The fourth-order valence-corrected chi connectivity index (χ4v) is 5.23. The Labute approximate surface area is 184 Å². The summed E-state index contributed by atoms with van der Waals surface area (Å²) in [6, 6.07) is 5.55. The molecule has 0 amide bonds. The van der Waals surface area contributed by atoms with Gasteiger partial charge in [0.25, 0.3) is 0 Å². The summed E-state index contributed by atoms with van der Waals surface area (Å²) in [6.45, 7) is 3.23. The molecule has 4 rings (SSSR count). The van der Waals surface area contributed by atoms with Gasteiger partial charge < -0.3 is 9.84 Å². The highest BCUT2D eigenvalue weighted by atomic mass is 79.9. The molecular weight excluding hydrogens is 478 g/mol. The highest BCUT2D eigenvalue weighted by Crippen LogP contribution is 2.40. The lowest BCUT2D eigenvalue weighted by Crippen LogP contribution is -2.28. The van der Waals surface area contributed by atoms with Crippen molar-refractivity contribution in [2.75, 3.05) is 5.32 Å². The normalized spacial score (nSPS) is 15.3. The van der Waals surface area contributed by atoms with Crippen LogP contribution in [0.15, 0.2) is 32.2 Å². The SMILES string of the molecule is CC(=O)c1c(S(=O)Cc2cc(C)on2)nc2c(Br)ccc(Cl)c2c1NC1CCC1. The second kappa shape index (κ2) is 8.16. The highest BCUT2D eigenvalue weighted by molar-refractivity contribution is 9.10. The van der Waals surface area contributed by atoms with Gasteiger partial charge in [0.05, 0.1) is 44.0 Å². The highest BCUT2D eigenvalue weighted by Gasteiger charge is 2.28. The monoisotopic (exact) mass is 495 g/mol. The number of hydrogen-bond acceptors (Lipinski definition) is 6. The summed E-state index contributed by atoms with van der Waals surface area (Å²) in [5.74, 6) is 0.533. The first-order chi connectivity index (χ1) is 13.8. The van der Waals surface area contributed by atoms with Gasteiger partial charge in [-0.25, -0.2) is 4.98 Å². The second-order valence-electron chi connectivity index (χ2n) is 7.17. The number of aromatic nitrogens is 2. The predicted octanol–water partition coefficient (Wildman–Crippen LogP) is 5.42. The summed E-state index contributed by atoms with van der Waals surface area (Å²) in [5.41, 5.74) is 2.06. The number of halogens is 2. The van der Waals surface area contributed by atoms with Gasteiger partial charge in [0.2, 0.25) is 0 Å². The van der Waals surface area contributed by atoms with E-state index in [9.17, 15) is 9.00 Å². The van der Waals surface area contributed by atoms with Crippen molar-refractivity contribution in [3.8, 4) is 0 Å². The van der Waals surface area contributed by atoms with Gasteiger partial charge in [-0.3, -0.25) is 9.00 Å². The number of benzene rings is 1. The molecule has 0 spiro atoms. The third kappa shape index (κ3) is 3.98. The summed E-state index contributed by atoms with van der Waals surface area (Å²) in [4.78, 5) is 17.3. The average Bonchev–Trinajstić information content (AvgIpc) is 3.04. The summed E-state index contributed by atoms with van der Waals surface area (Å²) < 4.78 is 19.0. The van der Waals surface area contributed by atoms with Crippen LogP contribution in [0.4, 0.5) is 5.69 Å². The number of nitrogens with zero attached hydrogens (tertiary/aromatic N) is 2. The second-order valence-corrected chi connectivity index (χ2v) is 9.79. The molecule has 2 aromatic heterocycles. The fraction of sp³-hybridized carbons (Fsp3) is 0.350. The molecule has 1 saturated carbocycles. The molecule has 1 aliphatic rings. The van der Waals surface area contributed by atoms with Crippen molar-refractivity contribution in [2.45, 2.75) is 49.9 Å². The molecule has 1 aromatic carbocycles. The van der Waals surface area contributed by atoms with Crippen LogP contribution in [0.25, 0.3) is 10.9 Å². The van der Waals surface area contributed by atoms with E-state index in [2.05, 4.69) is 31.4 Å². The quantitative estimate of drug-likeness (QED) is 0.459. The van der Waals surface area contributed by atoms with Crippen molar-refractivity contribution in [3.05, 3.63) is 44.7 Å². The molecule has 0 bridgehead atoms. The molecule has 1 atom stereocenters. The molecule has 0 aliphatic heterocycles. The van der Waals surface area contributed by atoms with Gasteiger partial charge >= 0.3 is 0 Å². The van der Waals surface area contributed by atoms with Crippen LogP contribution in [0.1, 0.15) is 48.0 Å². The first-order valence-electron chi connectivity index (χ1n) is 9.25. The lowest BCUT2D eigenvalue weighted by atomic mass is 9.92. The molecule has 6 nitrogen and oxygen atoms in total. The van der Waals surface area contributed by atoms with Gasteiger partial charge in [-0.1, -0.05) is 16.8 Å². The maximum atomic E-state index is 13.2. The molecule has 9 heteroatoms. The number of fused-ring (bicyclic) bond motifs is 1. The largest absolute Gasteiger partial charge is 0.381 e. The molecule has 0 saturated heterocycles. The zero-order valence-corrected chi connectivity index (χ0v) is 19.1. The summed E-state index contributed by atoms with van der Waals surface area (Å²) >= 11 is 10.0. The van der Waals surface area contributed by atoms with E-state index in [0.29, 0.717) is 38.6 Å². The van der Waals surface area contributed by atoms with Crippen molar-refractivity contribution in [1.82, 2.24) is 10.1 Å². The van der Waals surface area contributed by atoms with Crippen LogP contribution < -0.4 is 5.32 Å². The third-order valence-corrected chi connectivity index (χ3v) is 7.22. The van der Waals surface area contributed by atoms with Crippen LogP contribution in [0.2, 0.25) is 5.02 Å². The first-order valence-corrected chi connectivity index (χ1v) is 11.7. The minimum atomic E-state index is -1.59. The van der Waals surface area contributed by atoms with Gasteiger partial charge in [0, 0.05) is 22.0 Å². The van der Waals surface area contributed by atoms with Crippen LogP contribution in [-0.4, -0.2) is 26.2 Å². The Morgan fingerprint density at radius 2 is 2.17 bits per heavy atom. The first kappa shape index (κ1) is 20.5. The molecule has 1 fully saturated rings. The number of ketones is 1. The fourth-order valence-electron chi connectivity index (χ4n) is 3.36. The van der Waals surface area contributed by atoms with E-state index in [1.165, 1.54) is 6.92 Å². The standard InChI is InChI=1S/C20H19BrClN3O3S/c1-10-8-13(25-28-10)9-29(27)20-16(11(2)26)19(23-12-4-3-5-12)17-15(22)7-6-14(21)18(17)24-20/h6-8,12H,3-5,9H2,1-2H3,(H,23,24). The molecule has 152 valence electrons. The van der Waals surface area contributed by atoms with Gasteiger partial charge in [0.1, 0.15) is 10.8 Å². The topological polar surface area (TPSA) is 85.1 Å². The van der Waals surface area contributed by atoms with Crippen LogP contribution in [0.5, 0.6) is 0 Å². The zero-order chi connectivity index (χ0) is 20.7. The van der Waals surface area contributed by atoms with Crippen molar-refractivity contribution in [1.29, 1.82) is 0 Å². The molecule has 1 unspecified atom stereocenters. The minimum absolute atomic E-state index is 0.108. The van der Waals surface area contributed by atoms with Crippen LogP contribution in [0, 0.1) is 6.92 Å². The van der Waals surface area contributed by atoms with Crippen molar-refractivity contribution >= 4 is 60.7 Å². The van der Waals surface area contributed by atoms with E-state index < -0.39 is 10.8 Å². The van der Waals surface area contributed by atoms with Crippen LogP contribution >= 0.6 is 27.5 Å². The van der Waals surface area contributed by atoms with E-state index in [-0.39, 0.29) is 22.6 Å². The van der Waals surface area contributed by atoms with E-state index in [4.69, 9.17) is 16.1 Å². The molecule has 1 aliphatic carbocycles. The summed E-state index contributed by atoms with van der Waals surface area (Å²) in [7, 11) is -1.59. The van der Waals surface area contributed by atoms with Gasteiger partial charge in [-0.15, -0.1) is 0 Å². The van der Waals surface area contributed by atoms with E-state index in [0.717, 1.165) is 23.7 Å². The maximum Gasteiger partial charge on any atom is 0.164 e. The van der Waals surface area contributed by atoms with Crippen molar-refractivity contribution in [2.24, 2.45) is 0 Å². The zero-order valence-electron chi connectivity index (χ0n) is 15.9. The molecular formula is C20H19BrClN3O3S. The van der Waals surface area contributed by atoms with Gasteiger partial charge in [-0.05, 0) is 61.2 Å². The lowest BCUT2D eigenvalue weighted by molar-refractivity contribution is 0.101. The number of nitrogens with one attached hydrogen (secondary N) is 1. The van der Waals surface area contributed by atoms with Crippen molar-refractivity contribution < 1.29 is 13.5 Å². The molecule has 0 radical (unpaired) electrons. The summed E-state index contributed by atoms with van der Waals surface area (Å²) in [5, 5.41) is 8.77. The molecule has 2 heterocycles. The smallest absolute Gasteiger partial charge is 0.164 e. The Morgan fingerprint density at radius 3 is 2.76 bits per heavy atom. The minimum Gasteiger partial charge on any atom is -0.381 e. The Kier molecular flexibility index (Phi) is 5.77. The Hall–Kier alpha value is -1.77. The maximum absolute atomic E-state index is 13.2. The van der Waals surface area contributed by atoms with E-state index in [1.807, 2.05) is 0 Å². The Morgan fingerprint density at radius 1 is 1.41 bits per heavy atom. The lowest BCUT2D eigenvalue weighted by Gasteiger charge is -2.29. The Balaban J connectivity index is 1.92. The predicted molar refractivity (Wildman–Crippen MR) is 117 cm³/mol. The summed E-state index contributed by atoms with van der Waals surface area (Å²) in [6.07, 6.45) is 3.17. The van der Waals surface area contributed by atoms with Crippen LogP contribution in [0.3, 0.4) is 0 Å². The number of hydrogen-bond donors (Lipinski definition) is 1. The number of anilines is 1. The van der Waals surface area contributed by atoms with E-state index >= 15 is 0 Å². The van der Waals surface area contributed by atoms with E-state index in [1.54, 1.807) is 25.1 Å². The number of carbonyl (C=O) groups is 1. The van der Waals surface area contributed by atoms with Crippen molar-refractivity contribution in [3.63, 3.8) is 0 Å². The molecule has 3 aromatic rings. The number of carbonyl (C=O) groups excluding carboxylic acids is 1. The third-order valence-electron chi connectivity index (χ3n) is 4.98.